The third-order valence-electron chi connectivity index (χ3n) is 0.406. The molecule has 9 heavy (non-hydrogen) atoms. The maximum absolute atomic E-state index is 4.71. The first-order valence-corrected chi connectivity index (χ1v) is 3.01. The molecule has 1 aromatic rings. The minimum atomic E-state index is 0.194. The summed E-state index contributed by atoms with van der Waals surface area (Å²) in [5.74, 6) is 0. The van der Waals surface area contributed by atoms with Gasteiger partial charge in [-0.1, -0.05) is 12.2 Å². The SMILES string of the molecule is NC(=S)S.c1cn[nH]c1. The summed E-state index contributed by atoms with van der Waals surface area (Å²) < 4.78 is 0.194. The van der Waals surface area contributed by atoms with Gasteiger partial charge in [0.15, 0.2) is 0 Å². The average molecular weight is 161 g/mol. The van der Waals surface area contributed by atoms with Crippen LogP contribution in [-0.2, 0) is 0 Å². The van der Waals surface area contributed by atoms with E-state index in [2.05, 4.69) is 35.0 Å². The van der Waals surface area contributed by atoms with Crippen molar-refractivity contribution in [3.63, 3.8) is 0 Å². The summed E-state index contributed by atoms with van der Waals surface area (Å²) >= 11 is 7.65. The molecule has 0 aromatic carbocycles. The standard InChI is InChI=1S/C3H4N2.CH3NS2/c1-2-4-5-3-1;2-1(3)4/h1-3H,(H,4,5);(H3,2,3,4). The Labute approximate surface area is 64.1 Å². The Bertz CT molecular complexity index is 128. The van der Waals surface area contributed by atoms with E-state index in [9.17, 15) is 0 Å². The average Bonchev–Trinajstić information content (AvgIpc) is 2.11. The van der Waals surface area contributed by atoms with Crippen molar-refractivity contribution in [3.05, 3.63) is 18.5 Å². The Morgan fingerprint density at radius 1 is 1.78 bits per heavy atom. The number of hydrogen-bond donors (Lipinski definition) is 3. The molecule has 3 nitrogen and oxygen atoms in total. The lowest BCUT2D eigenvalue weighted by atomic mass is 10.8. The zero-order valence-electron chi connectivity index (χ0n) is 4.61. The van der Waals surface area contributed by atoms with Crippen LogP contribution in [0.5, 0.6) is 0 Å². The van der Waals surface area contributed by atoms with Crippen LogP contribution in [-0.4, -0.2) is 14.5 Å². The molecular weight excluding hydrogens is 154 g/mol. The van der Waals surface area contributed by atoms with Crippen molar-refractivity contribution in [2.75, 3.05) is 0 Å². The van der Waals surface area contributed by atoms with Crippen LogP contribution in [0.25, 0.3) is 0 Å². The van der Waals surface area contributed by atoms with Crippen molar-refractivity contribution in [1.29, 1.82) is 0 Å². The van der Waals surface area contributed by atoms with E-state index in [0.717, 1.165) is 0 Å². The second kappa shape index (κ2) is 5.58. The Hall–Kier alpha value is -0.550. The molecule has 0 fully saturated rings. The van der Waals surface area contributed by atoms with Crippen molar-refractivity contribution in [2.24, 2.45) is 5.73 Å². The number of rotatable bonds is 0. The summed E-state index contributed by atoms with van der Waals surface area (Å²) in [6.45, 7) is 0. The topological polar surface area (TPSA) is 54.7 Å². The van der Waals surface area contributed by atoms with Gasteiger partial charge in [-0.05, 0) is 6.07 Å². The van der Waals surface area contributed by atoms with Gasteiger partial charge in [-0.3, -0.25) is 5.10 Å². The summed E-state index contributed by atoms with van der Waals surface area (Å²) in [6.07, 6.45) is 3.46. The molecule has 0 unspecified atom stereocenters. The van der Waals surface area contributed by atoms with E-state index in [1.54, 1.807) is 12.4 Å². The number of H-pyrrole nitrogens is 1. The van der Waals surface area contributed by atoms with Crippen LogP contribution in [0.15, 0.2) is 18.5 Å². The zero-order chi connectivity index (χ0) is 7.11. The number of aromatic nitrogens is 2. The lowest BCUT2D eigenvalue weighted by Crippen LogP contribution is -1.94. The van der Waals surface area contributed by atoms with Gasteiger partial charge >= 0.3 is 0 Å². The third-order valence-corrected chi connectivity index (χ3v) is 0.406. The van der Waals surface area contributed by atoms with Crippen LogP contribution < -0.4 is 5.73 Å². The fraction of sp³-hybridized carbons (Fsp3) is 0. The van der Waals surface area contributed by atoms with Crippen molar-refractivity contribution < 1.29 is 0 Å². The van der Waals surface area contributed by atoms with E-state index in [1.807, 2.05) is 6.07 Å². The number of nitrogens with zero attached hydrogens (tertiary/aromatic N) is 1. The summed E-state index contributed by atoms with van der Waals surface area (Å²) in [4.78, 5) is 0. The molecule has 1 aromatic heterocycles. The molecular formula is C4H7N3S2. The van der Waals surface area contributed by atoms with Gasteiger partial charge < -0.3 is 5.73 Å². The molecule has 0 atom stereocenters. The monoisotopic (exact) mass is 161 g/mol. The molecule has 0 aliphatic carbocycles. The van der Waals surface area contributed by atoms with Crippen molar-refractivity contribution in [2.45, 2.75) is 0 Å². The number of nitrogens with two attached hydrogens (primary N) is 1. The number of aromatic amines is 1. The molecule has 0 amide bonds. The Morgan fingerprint density at radius 3 is 2.44 bits per heavy atom. The molecule has 0 radical (unpaired) electrons. The Balaban J connectivity index is 0.000000148. The van der Waals surface area contributed by atoms with E-state index < -0.39 is 0 Å². The first-order chi connectivity index (χ1) is 4.23. The predicted octanol–water partition coefficient (Wildman–Crippen LogP) is 0.570. The van der Waals surface area contributed by atoms with Crippen molar-refractivity contribution >= 4 is 29.2 Å². The normalized spacial score (nSPS) is 7.22. The van der Waals surface area contributed by atoms with E-state index in [4.69, 9.17) is 5.73 Å². The molecule has 0 spiro atoms. The Kier molecular flexibility index (Phi) is 5.24. The van der Waals surface area contributed by atoms with Crippen LogP contribution in [0.1, 0.15) is 0 Å². The number of hydrogen-bond acceptors (Lipinski definition) is 2. The first kappa shape index (κ1) is 8.45. The molecule has 0 aliphatic rings. The molecule has 0 saturated carbocycles. The van der Waals surface area contributed by atoms with Gasteiger partial charge in [0.05, 0.1) is 0 Å². The largest absolute Gasteiger partial charge is 0.385 e. The van der Waals surface area contributed by atoms with Gasteiger partial charge in [-0.15, -0.1) is 12.6 Å². The molecule has 0 aliphatic heterocycles. The van der Waals surface area contributed by atoms with Gasteiger partial charge in [0.1, 0.15) is 4.32 Å². The highest BCUT2D eigenvalue weighted by atomic mass is 32.1. The van der Waals surface area contributed by atoms with Gasteiger partial charge in [-0.2, -0.15) is 5.10 Å². The molecule has 0 bridgehead atoms. The quantitative estimate of drug-likeness (QED) is 0.385. The van der Waals surface area contributed by atoms with Gasteiger partial charge in [0, 0.05) is 12.4 Å². The van der Waals surface area contributed by atoms with Crippen LogP contribution in [0, 0.1) is 0 Å². The van der Waals surface area contributed by atoms with Crippen LogP contribution in [0.2, 0.25) is 0 Å². The summed E-state index contributed by atoms with van der Waals surface area (Å²) in [7, 11) is 0. The predicted molar refractivity (Wildman–Crippen MR) is 44.4 cm³/mol. The highest BCUT2D eigenvalue weighted by Gasteiger charge is 1.56. The minimum absolute atomic E-state index is 0.194. The second-order valence-corrected chi connectivity index (χ2v) is 2.33. The fourth-order valence-electron chi connectivity index (χ4n) is 0.215. The van der Waals surface area contributed by atoms with Crippen LogP contribution in [0.3, 0.4) is 0 Å². The second-order valence-electron chi connectivity index (χ2n) is 1.10. The number of thiol groups is 1. The van der Waals surface area contributed by atoms with E-state index in [1.165, 1.54) is 0 Å². The Morgan fingerprint density at radius 2 is 2.33 bits per heavy atom. The fourth-order valence-corrected chi connectivity index (χ4v) is 0.215. The van der Waals surface area contributed by atoms with Crippen LogP contribution >= 0.6 is 24.8 Å². The number of thiocarbonyl (C=S) groups is 1. The summed E-state index contributed by atoms with van der Waals surface area (Å²) in [6, 6.07) is 1.83. The molecule has 5 heteroatoms. The molecule has 1 heterocycles. The van der Waals surface area contributed by atoms with E-state index in [-0.39, 0.29) is 4.32 Å². The lowest BCUT2D eigenvalue weighted by Gasteiger charge is -1.64. The molecule has 0 saturated heterocycles. The third kappa shape index (κ3) is 11.2. The first-order valence-electron chi connectivity index (χ1n) is 2.15. The van der Waals surface area contributed by atoms with Gasteiger partial charge in [0.25, 0.3) is 0 Å². The maximum atomic E-state index is 4.71. The molecule has 1 rings (SSSR count). The lowest BCUT2D eigenvalue weighted by molar-refractivity contribution is 1.09. The van der Waals surface area contributed by atoms with Crippen LogP contribution in [0.4, 0.5) is 0 Å². The highest BCUT2D eigenvalue weighted by Crippen LogP contribution is 1.64. The van der Waals surface area contributed by atoms with E-state index in [0.29, 0.717) is 0 Å². The molecule has 50 valence electrons. The number of nitrogens with one attached hydrogen (secondary N) is 1. The van der Waals surface area contributed by atoms with Gasteiger partial charge in [0.2, 0.25) is 0 Å². The van der Waals surface area contributed by atoms with Crippen molar-refractivity contribution in [3.8, 4) is 0 Å². The minimum Gasteiger partial charge on any atom is -0.385 e. The zero-order valence-corrected chi connectivity index (χ0v) is 6.32. The maximum Gasteiger partial charge on any atom is 0.128 e. The summed E-state index contributed by atoms with van der Waals surface area (Å²) in [5.41, 5.74) is 4.71. The van der Waals surface area contributed by atoms with Crippen molar-refractivity contribution in [1.82, 2.24) is 10.2 Å². The smallest absolute Gasteiger partial charge is 0.128 e. The summed E-state index contributed by atoms with van der Waals surface area (Å²) in [5, 5.41) is 6.21. The van der Waals surface area contributed by atoms with E-state index >= 15 is 0 Å². The highest BCUT2D eigenvalue weighted by molar-refractivity contribution is 8.10. The molecule has 3 N–H and O–H groups in total. The van der Waals surface area contributed by atoms with Gasteiger partial charge in [-0.25, -0.2) is 0 Å².